The average molecular weight is 186 g/mol. The van der Waals surface area contributed by atoms with E-state index in [1.165, 1.54) is 5.57 Å². The van der Waals surface area contributed by atoms with Crippen LogP contribution in [-0.2, 0) is 6.42 Å². The normalized spacial score (nSPS) is 14.4. The molecule has 1 aromatic carbocycles. The molecule has 0 saturated heterocycles. The molecule has 1 N–H and O–H groups in total. The van der Waals surface area contributed by atoms with E-state index < -0.39 is 0 Å². The fourth-order valence-corrected chi connectivity index (χ4v) is 1.69. The van der Waals surface area contributed by atoms with E-state index >= 15 is 0 Å². The molecule has 72 valence electrons. The van der Waals surface area contributed by atoms with Gasteiger partial charge in [-0.3, -0.25) is 0 Å². The lowest BCUT2D eigenvalue weighted by molar-refractivity contribution is 0.468. The third-order valence-electron chi connectivity index (χ3n) is 2.56. The van der Waals surface area contributed by atoms with E-state index in [2.05, 4.69) is 18.2 Å². The number of benzene rings is 1. The van der Waals surface area contributed by atoms with Crippen molar-refractivity contribution in [1.29, 1.82) is 0 Å². The summed E-state index contributed by atoms with van der Waals surface area (Å²) in [7, 11) is 0. The Bertz CT molecular complexity index is 375. The molecule has 0 bridgehead atoms. The van der Waals surface area contributed by atoms with Crippen molar-refractivity contribution in [2.45, 2.75) is 19.3 Å². The van der Waals surface area contributed by atoms with Gasteiger partial charge in [-0.25, -0.2) is 0 Å². The summed E-state index contributed by atoms with van der Waals surface area (Å²) >= 11 is 0. The first-order valence-corrected chi connectivity index (χ1v) is 4.98. The highest BCUT2D eigenvalue weighted by atomic mass is 16.3. The Morgan fingerprint density at radius 1 is 1.14 bits per heavy atom. The van der Waals surface area contributed by atoms with Crippen molar-refractivity contribution >= 4 is 0 Å². The van der Waals surface area contributed by atoms with Gasteiger partial charge in [-0.15, -0.1) is 0 Å². The molecule has 1 aromatic rings. The fraction of sp³-hybridized carbons (Fsp3) is 0.231. The predicted molar refractivity (Wildman–Crippen MR) is 58.3 cm³/mol. The zero-order valence-corrected chi connectivity index (χ0v) is 8.11. The van der Waals surface area contributed by atoms with Crippen molar-refractivity contribution in [1.82, 2.24) is 0 Å². The standard InChI is InChI=1S/C13H14O/c14-13-8-4-3-7-12(13)10-9-11-5-1-2-6-11/h1-5,7-8,14H,6,9-10H2. The summed E-state index contributed by atoms with van der Waals surface area (Å²) in [6.07, 6.45) is 9.48. The maximum Gasteiger partial charge on any atom is 0.118 e. The topological polar surface area (TPSA) is 20.2 Å². The van der Waals surface area contributed by atoms with Gasteiger partial charge in [0.25, 0.3) is 0 Å². The van der Waals surface area contributed by atoms with Crippen LogP contribution in [0.25, 0.3) is 0 Å². The number of para-hydroxylation sites is 1. The van der Waals surface area contributed by atoms with Crippen LogP contribution >= 0.6 is 0 Å². The first-order valence-electron chi connectivity index (χ1n) is 4.98. The molecule has 1 aliphatic rings. The number of hydrogen-bond acceptors (Lipinski definition) is 1. The molecule has 0 aromatic heterocycles. The van der Waals surface area contributed by atoms with Gasteiger partial charge >= 0.3 is 0 Å². The van der Waals surface area contributed by atoms with Gasteiger partial charge in [-0.2, -0.15) is 0 Å². The van der Waals surface area contributed by atoms with Crippen LogP contribution in [0.4, 0.5) is 0 Å². The van der Waals surface area contributed by atoms with Gasteiger partial charge in [0, 0.05) is 0 Å². The van der Waals surface area contributed by atoms with Crippen molar-refractivity contribution in [2.75, 3.05) is 0 Å². The highest BCUT2D eigenvalue weighted by Crippen LogP contribution is 2.22. The summed E-state index contributed by atoms with van der Waals surface area (Å²) in [4.78, 5) is 0. The predicted octanol–water partition coefficient (Wildman–Crippen LogP) is 3.21. The lowest BCUT2D eigenvalue weighted by Crippen LogP contribution is -1.87. The number of phenols is 1. The van der Waals surface area contributed by atoms with Crippen molar-refractivity contribution in [3.63, 3.8) is 0 Å². The van der Waals surface area contributed by atoms with Crippen molar-refractivity contribution in [2.24, 2.45) is 0 Å². The minimum absolute atomic E-state index is 0.416. The average Bonchev–Trinajstić information content (AvgIpc) is 2.69. The molecule has 0 amide bonds. The SMILES string of the molecule is Oc1ccccc1CCC1=CC=CC1. The van der Waals surface area contributed by atoms with Crippen LogP contribution < -0.4 is 0 Å². The zero-order valence-electron chi connectivity index (χ0n) is 8.11. The van der Waals surface area contributed by atoms with E-state index in [0.29, 0.717) is 5.75 Å². The second kappa shape index (κ2) is 4.14. The Labute approximate surface area is 84.4 Å². The monoisotopic (exact) mass is 186 g/mol. The quantitative estimate of drug-likeness (QED) is 0.768. The number of phenolic OH excluding ortho intramolecular Hbond substituents is 1. The van der Waals surface area contributed by atoms with Crippen LogP contribution in [0.1, 0.15) is 18.4 Å². The van der Waals surface area contributed by atoms with Crippen molar-refractivity contribution in [3.05, 3.63) is 53.6 Å². The van der Waals surface area contributed by atoms with Gasteiger partial charge in [0.05, 0.1) is 0 Å². The molecule has 1 aliphatic carbocycles. The van der Waals surface area contributed by atoms with Crippen molar-refractivity contribution in [3.8, 4) is 5.75 Å². The lowest BCUT2D eigenvalue weighted by Gasteiger charge is -2.04. The number of allylic oxidation sites excluding steroid dienone is 4. The maximum atomic E-state index is 9.55. The van der Waals surface area contributed by atoms with Gasteiger partial charge in [0.15, 0.2) is 0 Å². The van der Waals surface area contributed by atoms with E-state index in [1.807, 2.05) is 18.2 Å². The lowest BCUT2D eigenvalue weighted by atomic mass is 10.0. The third-order valence-corrected chi connectivity index (χ3v) is 2.56. The van der Waals surface area contributed by atoms with Gasteiger partial charge in [-0.1, -0.05) is 42.0 Å². The summed E-state index contributed by atoms with van der Waals surface area (Å²) in [5.74, 6) is 0.416. The van der Waals surface area contributed by atoms with Crippen LogP contribution in [0, 0.1) is 0 Å². The Balaban J connectivity index is 1.95. The molecular weight excluding hydrogens is 172 g/mol. The summed E-state index contributed by atoms with van der Waals surface area (Å²) in [6.45, 7) is 0. The van der Waals surface area contributed by atoms with E-state index in [-0.39, 0.29) is 0 Å². The summed E-state index contributed by atoms with van der Waals surface area (Å²) in [6, 6.07) is 7.56. The fourth-order valence-electron chi connectivity index (χ4n) is 1.69. The highest BCUT2D eigenvalue weighted by molar-refractivity contribution is 5.33. The number of hydrogen-bond donors (Lipinski definition) is 1. The van der Waals surface area contributed by atoms with Crippen LogP contribution in [0.5, 0.6) is 5.75 Å². The van der Waals surface area contributed by atoms with Crippen LogP contribution in [0.3, 0.4) is 0 Å². The highest BCUT2D eigenvalue weighted by Gasteiger charge is 2.03. The molecule has 1 heteroatoms. The van der Waals surface area contributed by atoms with Gasteiger partial charge < -0.3 is 5.11 Å². The molecule has 0 atom stereocenters. The molecular formula is C13H14O. The minimum Gasteiger partial charge on any atom is -0.508 e. The molecule has 0 aliphatic heterocycles. The molecule has 0 radical (unpaired) electrons. The second-order valence-corrected chi connectivity index (χ2v) is 3.59. The Kier molecular flexibility index (Phi) is 2.68. The van der Waals surface area contributed by atoms with Gasteiger partial charge in [0.1, 0.15) is 5.75 Å². The Morgan fingerprint density at radius 2 is 2.00 bits per heavy atom. The molecule has 2 rings (SSSR count). The molecule has 14 heavy (non-hydrogen) atoms. The smallest absolute Gasteiger partial charge is 0.118 e. The number of aryl methyl sites for hydroxylation is 1. The van der Waals surface area contributed by atoms with Crippen LogP contribution in [-0.4, -0.2) is 5.11 Å². The van der Waals surface area contributed by atoms with Gasteiger partial charge in [-0.05, 0) is 30.9 Å². The van der Waals surface area contributed by atoms with Gasteiger partial charge in [0.2, 0.25) is 0 Å². The van der Waals surface area contributed by atoms with E-state index in [9.17, 15) is 5.11 Å². The number of aromatic hydroxyl groups is 1. The first-order chi connectivity index (χ1) is 6.86. The minimum atomic E-state index is 0.416. The Hall–Kier alpha value is -1.50. The Morgan fingerprint density at radius 3 is 2.71 bits per heavy atom. The van der Waals surface area contributed by atoms with Crippen LogP contribution in [0.2, 0.25) is 0 Å². The van der Waals surface area contributed by atoms with E-state index in [0.717, 1.165) is 24.8 Å². The first kappa shape index (κ1) is 9.07. The summed E-state index contributed by atoms with van der Waals surface area (Å²) in [5, 5.41) is 9.55. The van der Waals surface area contributed by atoms with E-state index in [1.54, 1.807) is 6.07 Å². The van der Waals surface area contributed by atoms with Crippen LogP contribution in [0.15, 0.2) is 48.1 Å². The molecule has 0 fully saturated rings. The summed E-state index contributed by atoms with van der Waals surface area (Å²) in [5.41, 5.74) is 2.49. The molecule has 1 nitrogen and oxygen atoms in total. The van der Waals surface area contributed by atoms with E-state index in [4.69, 9.17) is 0 Å². The molecule has 0 saturated carbocycles. The third kappa shape index (κ3) is 2.05. The number of rotatable bonds is 3. The molecule has 0 spiro atoms. The zero-order chi connectivity index (χ0) is 9.80. The summed E-state index contributed by atoms with van der Waals surface area (Å²) < 4.78 is 0. The second-order valence-electron chi connectivity index (χ2n) is 3.59. The molecule has 0 unspecified atom stereocenters. The molecule has 0 heterocycles. The largest absolute Gasteiger partial charge is 0.508 e. The maximum absolute atomic E-state index is 9.55. The van der Waals surface area contributed by atoms with Crippen molar-refractivity contribution < 1.29 is 5.11 Å².